The van der Waals surface area contributed by atoms with Gasteiger partial charge in [-0.15, -0.1) is 0 Å². The smallest absolute Gasteiger partial charge is 0.116 e. The zero-order chi connectivity index (χ0) is 38.2. The molecule has 0 unspecified atom stereocenters. The molecule has 0 bridgehead atoms. The molecule has 0 N–H and O–H groups in total. The first-order valence-corrected chi connectivity index (χ1v) is 15.9. The van der Waals surface area contributed by atoms with Crippen LogP contribution in [-0.2, 0) is 28.7 Å². The Labute approximate surface area is 261 Å². The number of hydrogen-bond donors (Lipinski definition) is 0. The summed E-state index contributed by atoms with van der Waals surface area (Å²) in [4.78, 5) is 44.0. The highest BCUT2D eigenvalue weighted by Crippen LogP contribution is 1.28. The second kappa shape index (κ2) is 2650. The zero-order valence-electron chi connectivity index (χ0n) is 34.3. The highest BCUT2D eigenvalue weighted by atomic mass is 16.4. The summed E-state index contributed by atoms with van der Waals surface area (Å²) in [7, 11) is 3.25. The Balaban J connectivity index is -0.00000000941. The van der Waals surface area contributed by atoms with Crippen molar-refractivity contribution in [2.24, 2.45) is 0 Å². The third-order valence-corrected chi connectivity index (χ3v) is 0. The number of aldehydes is 5. The molecule has 0 spiro atoms. The number of hydrogen-bond acceptors (Lipinski definition) is 6. The molecule has 40 heavy (non-hydrogen) atoms. The summed E-state index contributed by atoms with van der Waals surface area (Å²) in [6, 6.07) is 0. The number of ether oxygens (including phenoxy) is 1. The lowest BCUT2D eigenvalue weighted by molar-refractivity contribution is -0.106. The molecule has 0 amide bonds. The topological polar surface area (TPSA) is 94.6 Å². The molecule has 0 aliphatic heterocycles. The molecule has 0 saturated heterocycles. The Hall–Kier alpha value is -1.69. The molecule has 264 valence electrons. The fraction of sp³-hybridized carbons (Fsp3) is 0.853. The van der Waals surface area contributed by atoms with Crippen molar-refractivity contribution in [3.63, 3.8) is 0 Å². The molecular weight excluding hydrogens is 504 g/mol. The van der Waals surface area contributed by atoms with E-state index in [4.69, 9.17) is 24.0 Å². The van der Waals surface area contributed by atoms with E-state index in [1.165, 1.54) is 34.6 Å². The second-order valence-electron chi connectivity index (χ2n) is 1.59. The SMILES string of the molecule is CC.CC.CC.CC.CC.CC.CC.CC.CC.CC.CC.CC=O.CC=O.CC=O.CC=O.CC=O.COC. The van der Waals surface area contributed by atoms with E-state index in [0.29, 0.717) is 0 Å². The van der Waals surface area contributed by atoms with Crippen molar-refractivity contribution >= 4 is 31.4 Å². The Morgan fingerprint density at radius 3 is 0.250 bits per heavy atom. The molecule has 0 aliphatic carbocycles. The second-order valence-corrected chi connectivity index (χ2v) is 1.59. The normalized spacial score (nSPS) is 3.73. The molecule has 0 fully saturated rings. The van der Waals surface area contributed by atoms with Crippen molar-refractivity contribution in [1.82, 2.24) is 0 Å². The molecule has 0 atom stereocenters. The monoisotopic (exact) mass is 597 g/mol. The maximum atomic E-state index is 8.81. The molecule has 6 heteroatoms. The largest absolute Gasteiger partial charge is 0.388 e. The van der Waals surface area contributed by atoms with Crippen molar-refractivity contribution < 1.29 is 28.7 Å². The van der Waals surface area contributed by atoms with Gasteiger partial charge in [-0.2, -0.15) is 0 Å². The minimum absolute atomic E-state index is 0.750. The zero-order valence-corrected chi connectivity index (χ0v) is 34.3. The van der Waals surface area contributed by atoms with Crippen LogP contribution in [0.1, 0.15) is 187 Å². The molecule has 0 saturated carbocycles. The van der Waals surface area contributed by atoms with Crippen molar-refractivity contribution in [2.45, 2.75) is 187 Å². The van der Waals surface area contributed by atoms with Crippen LogP contribution in [0.15, 0.2) is 0 Å². The van der Waals surface area contributed by atoms with Gasteiger partial charge in [0, 0.05) is 14.2 Å². The van der Waals surface area contributed by atoms with Crippen LogP contribution >= 0.6 is 0 Å². The van der Waals surface area contributed by atoms with E-state index in [1.807, 2.05) is 152 Å². The van der Waals surface area contributed by atoms with Gasteiger partial charge < -0.3 is 28.7 Å². The highest BCUT2D eigenvalue weighted by Gasteiger charge is 1.26. The maximum Gasteiger partial charge on any atom is 0.116 e. The molecule has 0 aromatic heterocycles. The quantitative estimate of drug-likeness (QED) is 0.258. The average Bonchev–Trinajstić information content (AvgIpc) is 3.06. The lowest BCUT2D eigenvalue weighted by Crippen LogP contribution is -1.55. The van der Waals surface area contributed by atoms with E-state index in [2.05, 4.69) is 4.74 Å². The van der Waals surface area contributed by atoms with E-state index >= 15 is 0 Å². The molecule has 0 aromatic carbocycles. The summed E-state index contributed by atoms with van der Waals surface area (Å²) in [5, 5.41) is 0. The summed E-state index contributed by atoms with van der Waals surface area (Å²) in [6.45, 7) is 51.2. The van der Waals surface area contributed by atoms with Crippen LogP contribution in [0.3, 0.4) is 0 Å². The van der Waals surface area contributed by atoms with Gasteiger partial charge in [0.25, 0.3) is 0 Å². The van der Waals surface area contributed by atoms with Crippen LogP contribution in [0, 0.1) is 0 Å². The third-order valence-electron chi connectivity index (χ3n) is 0. The maximum absolute atomic E-state index is 8.81. The third kappa shape index (κ3) is 15900. The first kappa shape index (κ1) is 117. The first-order valence-electron chi connectivity index (χ1n) is 15.9. The average molecular weight is 597 g/mol. The van der Waals surface area contributed by atoms with Crippen LogP contribution in [-0.4, -0.2) is 45.7 Å². The van der Waals surface area contributed by atoms with Gasteiger partial charge in [-0.1, -0.05) is 152 Å². The van der Waals surface area contributed by atoms with Crippen LogP contribution in [0.4, 0.5) is 0 Å². The van der Waals surface area contributed by atoms with Gasteiger partial charge in [-0.05, 0) is 34.6 Å². The van der Waals surface area contributed by atoms with E-state index in [0.717, 1.165) is 31.4 Å². The van der Waals surface area contributed by atoms with E-state index in [9.17, 15) is 0 Å². The first-order chi connectivity index (χ1) is 19.5. The molecule has 0 radical (unpaired) electrons. The predicted octanol–water partition coefficient (Wildman–Crippen LogP) is 12.6. The van der Waals surface area contributed by atoms with Crippen molar-refractivity contribution in [3.05, 3.63) is 0 Å². The number of methoxy groups -OCH3 is 1. The standard InChI is InChI=1S/C2H6O.5C2H4O.11C2H6/c1-3-2;5*1-2-3;11*1-2/h1-2H3;5*2H,1H3;11*1-2H3. The van der Waals surface area contributed by atoms with Crippen LogP contribution in [0.2, 0.25) is 0 Å². The van der Waals surface area contributed by atoms with E-state index in [1.54, 1.807) is 14.2 Å². The summed E-state index contributed by atoms with van der Waals surface area (Å²) >= 11 is 0. The fourth-order valence-electron chi connectivity index (χ4n) is 0. The highest BCUT2D eigenvalue weighted by molar-refractivity contribution is 5.45. The minimum Gasteiger partial charge on any atom is -0.388 e. The van der Waals surface area contributed by atoms with E-state index < -0.39 is 0 Å². The molecule has 0 aromatic rings. The van der Waals surface area contributed by atoms with Gasteiger partial charge in [0.05, 0.1) is 0 Å². The van der Waals surface area contributed by atoms with Gasteiger partial charge >= 0.3 is 0 Å². The molecule has 0 heterocycles. The van der Waals surface area contributed by atoms with Crippen molar-refractivity contribution in [1.29, 1.82) is 0 Å². The molecule has 0 aliphatic rings. The van der Waals surface area contributed by atoms with Gasteiger partial charge in [0.1, 0.15) is 31.4 Å². The van der Waals surface area contributed by atoms with Gasteiger partial charge in [0.15, 0.2) is 0 Å². The summed E-state index contributed by atoms with van der Waals surface area (Å²) in [6.07, 6.45) is 3.75. The Kier molecular flexibility index (Phi) is 7770. The van der Waals surface area contributed by atoms with Crippen molar-refractivity contribution in [3.8, 4) is 0 Å². The summed E-state index contributed by atoms with van der Waals surface area (Å²) in [5.74, 6) is 0. The number of carbonyl (C=O) groups excluding carboxylic acids is 5. The minimum atomic E-state index is 0.750. The fourth-order valence-corrected chi connectivity index (χ4v) is 0. The predicted molar refractivity (Wildman–Crippen MR) is 196 cm³/mol. The van der Waals surface area contributed by atoms with Crippen LogP contribution in [0.25, 0.3) is 0 Å². The lowest BCUT2D eigenvalue weighted by atomic mass is 11.0. The summed E-state index contributed by atoms with van der Waals surface area (Å²) in [5.41, 5.74) is 0. The van der Waals surface area contributed by atoms with Crippen molar-refractivity contribution in [2.75, 3.05) is 14.2 Å². The van der Waals surface area contributed by atoms with Gasteiger partial charge in [0.2, 0.25) is 0 Å². The van der Waals surface area contributed by atoms with E-state index in [-0.39, 0.29) is 0 Å². The molecule has 6 nitrogen and oxygen atoms in total. The molecule has 0 rings (SSSR count). The van der Waals surface area contributed by atoms with Crippen LogP contribution < -0.4 is 0 Å². The lowest BCUT2D eigenvalue weighted by Gasteiger charge is -1.61. The van der Waals surface area contributed by atoms with Crippen LogP contribution in [0.5, 0.6) is 0 Å². The number of carbonyl (C=O) groups is 5. The van der Waals surface area contributed by atoms with Gasteiger partial charge in [-0.25, -0.2) is 0 Å². The Morgan fingerprint density at radius 1 is 0.250 bits per heavy atom. The van der Waals surface area contributed by atoms with Gasteiger partial charge in [-0.3, -0.25) is 0 Å². The molecular formula is C34H92O6. The Bertz CT molecular complexity index is 108. The summed E-state index contributed by atoms with van der Waals surface area (Å²) < 4.78 is 4.25. The number of rotatable bonds is 0. The Morgan fingerprint density at radius 2 is 0.250 bits per heavy atom.